The zero-order valence-corrected chi connectivity index (χ0v) is 11.5. The third kappa shape index (κ3) is 2.31. The number of alkyl halides is 2. The Morgan fingerprint density at radius 1 is 1.45 bits per heavy atom. The number of rotatable bonds is 5. The van der Waals surface area contributed by atoms with Crippen LogP contribution in [0, 0.1) is 18.8 Å². The second-order valence-electron chi connectivity index (χ2n) is 6.11. The summed E-state index contributed by atoms with van der Waals surface area (Å²) in [4.78, 5) is 11.6. The average molecular weight is 283 g/mol. The molecule has 2 aliphatic rings. The van der Waals surface area contributed by atoms with E-state index in [1.54, 1.807) is 4.68 Å². The quantitative estimate of drug-likeness (QED) is 0.902. The highest BCUT2D eigenvalue weighted by Crippen LogP contribution is 2.42. The molecule has 2 saturated carbocycles. The maximum absolute atomic E-state index is 12.5. The van der Waals surface area contributed by atoms with Crippen LogP contribution in [0.15, 0.2) is 0 Å². The minimum Gasteiger partial charge on any atom is -0.364 e. The van der Waals surface area contributed by atoms with E-state index in [-0.39, 0.29) is 5.92 Å². The maximum atomic E-state index is 12.5. The molecular formula is C14H19F2N3O. The normalized spacial score (nSPS) is 25.8. The first kappa shape index (κ1) is 13.5. The molecule has 1 heterocycles. The van der Waals surface area contributed by atoms with E-state index >= 15 is 0 Å². The second-order valence-corrected chi connectivity index (χ2v) is 6.11. The van der Waals surface area contributed by atoms with Gasteiger partial charge in [-0.15, -0.1) is 0 Å². The molecule has 110 valence electrons. The van der Waals surface area contributed by atoms with Crippen LogP contribution in [0.2, 0.25) is 0 Å². The highest BCUT2D eigenvalue weighted by atomic mass is 19.3. The molecule has 0 atom stereocenters. The fourth-order valence-corrected chi connectivity index (χ4v) is 3.15. The summed E-state index contributed by atoms with van der Waals surface area (Å²) < 4.78 is 26.6. The standard InChI is InChI=1S/C14H19F2N3O/c1-7-11(9-2-3-9)18-19(12(7)14(17)20)6-8-4-10(5-8)13(15)16/h8-10,13H,2-6H2,1H3,(H2,17,20). The van der Waals surface area contributed by atoms with Crippen LogP contribution in [0.5, 0.6) is 0 Å². The summed E-state index contributed by atoms with van der Waals surface area (Å²) in [6.07, 6.45) is 0.990. The Balaban J connectivity index is 1.76. The van der Waals surface area contributed by atoms with Gasteiger partial charge in [-0.2, -0.15) is 5.10 Å². The van der Waals surface area contributed by atoms with E-state index in [1.165, 1.54) is 0 Å². The van der Waals surface area contributed by atoms with E-state index in [2.05, 4.69) is 5.10 Å². The van der Waals surface area contributed by atoms with Gasteiger partial charge in [-0.1, -0.05) is 0 Å². The van der Waals surface area contributed by atoms with E-state index in [0.29, 0.717) is 31.0 Å². The topological polar surface area (TPSA) is 60.9 Å². The summed E-state index contributed by atoms with van der Waals surface area (Å²) in [6.45, 7) is 2.40. The number of hydrogen-bond donors (Lipinski definition) is 1. The molecule has 2 fully saturated rings. The predicted octanol–water partition coefficient (Wildman–Crippen LogP) is 2.46. The first-order valence-electron chi connectivity index (χ1n) is 7.12. The number of nitrogens with zero attached hydrogens (tertiary/aromatic N) is 2. The summed E-state index contributed by atoms with van der Waals surface area (Å²) in [5.74, 6) is -0.341. The van der Waals surface area contributed by atoms with Gasteiger partial charge in [0.2, 0.25) is 6.43 Å². The number of amides is 1. The van der Waals surface area contributed by atoms with Crippen molar-refractivity contribution in [2.45, 2.75) is 51.5 Å². The van der Waals surface area contributed by atoms with Gasteiger partial charge in [-0.25, -0.2) is 8.78 Å². The van der Waals surface area contributed by atoms with Crippen LogP contribution >= 0.6 is 0 Å². The number of halogens is 2. The van der Waals surface area contributed by atoms with Gasteiger partial charge < -0.3 is 5.73 Å². The fraction of sp³-hybridized carbons (Fsp3) is 0.714. The molecule has 2 aliphatic carbocycles. The molecule has 4 nitrogen and oxygen atoms in total. The first-order valence-corrected chi connectivity index (χ1v) is 7.12. The highest BCUT2D eigenvalue weighted by molar-refractivity contribution is 5.92. The van der Waals surface area contributed by atoms with Crippen molar-refractivity contribution in [1.82, 2.24) is 9.78 Å². The lowest BCUT2D eigenvalue weighted by Gasteiger charge is -2.34. The molecule has 2 N–H and O–H groups in total. The van der Waals surface area contributed by atoms with Crippen LogP contribution in [0.1, 0.15) is 53.3 Å². The molecule has 6 heteroatoms. The van der Waals surface area contributed by atoms with Crippen LogP contribution in [-0.4, -0.2) is 22.1 Å². The molecule has 1 aromatic rings. The van der Waals surface area contributed by atoms with Crippen molar-refractivity contribution in [3.63, 3.8) is 0 Å². The van der Waals surface area contributed by atoms with Crippen molar-refractivity contribution < 1.29 is 13.6 Å². The van der Waals surface area contributed by atoms with E-state index in [1.807, 2.05) is 6.92 Å². The van der Waals surface area contributed by atoms with Gasteiger partial charge in [0.1, 0.15) is 5.69 Å². The minimum atomic E-state index is -2.23. The van der Waals surface area contributed by atoms with Crippen molar-refractivity contribution in [3.8, 4) is 0 Å². The Morgan fingerprint density at radius 3 is 2.60 bits per heavy atom. The smallest absolute Gasteiger partial charge is 0.267 e. The Hall–Kier alpha value is -1.46. The largest absolute Gasteiger partial charge is 0.364 e. The number of hydrogen-bond acceptors (Lipinski definition) is 2. The van der Waals surface area contributed by atoms with Crippen molar-refractivity contribution >= 4 is 5.91 Å². The Morgan fingerprint density at radius 2 is 2.10 bits per heavy atom. The number of carbonyl (C=O) groups is 1. The fourth-order valence-electron chi connectivity index (χ4n) is 3.15. The number of nitrogens with two attached hydrogens (primary N) is 1. The van der Waals surface area contributed by atoms with Gasteiger partial charge >= 0.3 is 0 Å². The third-order valence-corrected chi connectivity index (χ3v) is 4.48. The molecule has 0 spiro atoms. The van der Waals surface area contributed by atoms with Crippen LogP contribution < -0.4 is 5.73 Å². The Kier molecular flexibility index (Phi) is 3.26. The van der Waals surface area contributed by atoms with Gasteiger partial charge in [0, 0.05) is 23.9 Å². The number of carbonyl (C=O) groups excluding carboxylic acids is 1. The first-order chi connectivity index (χ1) is 9.47. The summed E-state index contributed by atoms with van der Waals surface area (Å²) in [5, 5.41) is 4.51. The average Bonchev–Trinajstić information content (AvgIpc) is 3.07. The van der Waals surface area contributed by atoms with Crippen molar-refractivity contribution in [2.75, 3.05) is 0 Å². The van der Waals surface area contributed by atoms with Crippen LogP contribution in [0.3, 0.4) is 0 Å². The lowest BCUT2D eigenvalue weighted by molar-refractivity contribution is -0.00326. The SMILES string of the molecule is Cc1c(C2CC2)nn(CC2CC(C(F)F)C2)c1C(N)=O. The zero-order chi connectivity index (χ0) is 14.4. The van der Waals surface area contributed by atoms with Crippen LogP contribution in [-0.2, 0) is 6.54 Å². The van der Waals surface area contributed by atoms with Gasteiger partial charge in [0.05, 0.1) is 5.69 Å². The molecular weight excluding hydrogens is 264 g/mol. The van der Waals surface area contributed by atoms with Gasteiger partial charge in [0.15, 0.2) is 0 Å². The number of aromatic nitrogens is 2. The molecule has 0 saturated heterocycles. The lowest BCUT2D eigenvalue weighted by Crippen LogP contribution is -2.33. The maximum Gasteiger partial charge on any atom is 0.267 e. The monoisotopic (exact) mass is 283 g/mol. The van der Waals surface area contributed by atoms with Crippen molar-refractivity contribution in [1.29, 1.82) is 0 Å². The van der Waals surface area contributed by atoms with Crippen LogP contribution in [0.4, 0.5) is 8.78 Å². The summed E-state index contributed by atoms with van der Waals surface area (Å²) in [6, 6.07) is 0. The molecule has 3 rings (SSSR count). The van der Waals surface area contributed by atoms with E-state index in [0.717, 1.165) is 24.1 Å². The summed E-state index contributed by atoms with van der Waals surface area (Å²) in [7, 11) is 0. The minimum absolute atomic E-state index is 0.179. The molecule has 1 aromatic heterocycles. The molecule has 0 bridgehead atoms. The van der Waals surface area contributed by atoms with E-state index in [4.69, 9.17) is 5.73 Å². The van der Waals surface area contributed by atoms with Crippen LogP contribution in [0.25, 0.3) is 0 Å². The molecule has 0 radical (unpaired) electrons. The molecule has 0 unspecified atom stereocenters. The van der Waals surface area contributed by atoms with Gasteiger partial charge in [-0.05, 0) is 38.5 Å². The lowest BCUT2D eigenvalue weighted by atomic mass is 9.75. The van der Waals surface area contributed by atoms with Crippen molar-refractivity contribution in [3.05, 3.63) is 17.0 Å². The summed E-state index contributed by atoms with van der Waals surface area (Å²) >= 11 is 0. The summed E-state index contributed by atoms with van der Waals surface area (Å²) in [5.41, 5.74) is 7.72. The van der Waals surface area contributed by atoms with Gasteiger partial charge in [0.25, 0.3) is 5.91 Å². The van der Waals surface area contributed by atoms with E-state index < -0.39 is 18.3 Å². The van der Waals surface area contributed by atoms with E-state index in [9.17, 15) is 13.6 Å². The highest BCUT2D eigenvalue weighted by Gasteiger charge is 2.37. The molecule has 0 aromatic carbocycles. The Labute approximate surface area is 116 Å². The molecule has 20 heavy (non-hydrogen) atoms. The second kappa shape index (κ2) is 4.82. The molecule has 0 aliphatic heterocycles. The number of primary amides is 1. The zero-order valence-electron chi connectivity index (χ0n) is 11.5. The van der Waals surface area contributed by atoms with Crippen molar-refractivity contribution in [2.24, 2.45) is 17.6 Å². The van der Waals surface area contributed by atoms with Gasteiger partial charge in [-0.3, -0.25) is 9.48 Å². The predicted molar refractivity (Wildman–Crippen MR) is 69.7 cm³/mol. The molecule has 1 amide bonds. The Bertz CT molecular complexity index is 531. The third-order valence-electron chi connectivity index (χ3n) is 4.48.